The van der Waals surface area contributed by atoms with E-state index in [1.807, 2.05) is 19.0 Å². The summed E-state index contributed by atoms with van der Waals surface area (Å²) in [5.41, 5.74) is 7.64. The van der Waals surface area contributed by atoms with Crippen LogP contribution in [-0.4, -0.2) is 97.1 Å². The van der Waals surface area contributed by atoms with Gasteiger partial charge in [0.05, 0.1) is 66.9 Å². The quantitative estimate of drug-likeness (QED) is 0.0461. The fraction of sp³-hybridized carbons (Fsp3) is 0.340. The lowest BCUT2D eigenvalue weighted by Gasteiger charge is -2.20. The van der Waals surface area contributed by atoms with E-state index in [2.05, 4.69) is 35.9 Å². The maximum absolute atomic E-state index is 13.6. The Kier molecular flexibility index (Phi) is 15.5. The van der Waals surface area contributed by atoms with Crippen LogP contribution in [0.15, 0.2) is 79.1 Å². The molecule has 15 nitrogen and oxygen atoms in total. The maximum Gasteiger partial charge on any atom is 0.416 e. The Hall–Kier alpha value is -6.54. The second-order valence-corrected chi connectivity index (χ2v) is 16.5. The fourth-order valence-electron chi connectivity index (χ4n) is 7.20. The zero-order chi connectivity index (χ0) is 47.8. The van der Waals surface area contributed by atoms with Crippen molar-refractivity contribution in [3.63, 3.8) is 0 Å². The summed E-state index contributed by atoms with van der Waals surface area (Å²) in [6.45, 7) is 6.35. The molecular weight excluding hydrogens is 898 g/mol. The topological polar surface area (TPSA) is 180 Å². The number of ether oxygens (including phenoxy) is 5. The van der Waals surface area contributed by atoms with Crippen LogP contribution in [0.5, 0.6) is 17.2 Å². The Morgan fingerprint density at radius 3 is 2.28 bits per heavy atom. The Balaban J connectivity index is 0.000000199. The highest BCUT2D eigenvalue weighted by atomic mass is 35.5. The SMILES string of the molecule is CN(C)C/C=C/C(=O)Nc1cc2c(Nc3ccc(F)c(Cl)c3)ncnc2cc1O[C@H]1CCOC1.COc1cc2nc(C)nc(NC(C)c3cc(N)cc(C(F)(F)F)c3)c2cc1OC1CCOC1. The molecule has 4 aromatic carbocycles. The van der Waals surface area contributed by atoms with E-state index in [0.29, 0.717) is 106 Å². The third-order valence-corrected chi connectivity index (χ3v) is 10.8. The summed E-state index contributed by atoms with van der Waals surface area (Å²) < 4.78 is 81.8. The first-order valence-corrected chi connectivity index (χ1v) is 21.6. The van der Waals surface area contributed by atoms with E-state index in [0.717, 1.165) is 25.0 Å². The molecule has 2 fully saturated rings. The lowest BCUT2D eigenvalue weighted by molar-refractivity contribution is -0.137. The zero-order valence-corrected chi connectivity index (χ0v) is 38.1. The van der Waals surface area contributed by atoms with Crippen molar-refractivity contribution in [1.82, 2.24) is 24.8 Å². The highest BCUT2D eigenvalue weighted by Gasteiger charge is 2.32. The number of nitrogens with two attached hydrogens (primary N) is 1. The number of aromatic nitrogens is 4. The van der Waals surface area contributed by atoms with Gasteiger partial charge in [0.2, 0.25) is 5.91 Å². The first kappa shape index (κ1) is 48.4. The molecule has 2 aromatic heterocycles. The summed E-state index contributed by atoms with van der Waals surface area (Å²) >= 11 is 5.91. The minimum Gasteiger partial charge on any atom is -0.493 e. The Morgan fingerprint density at radius 2 is 1.63 bits per heavy atom. The summed E-state index contributed by atoms with van der Waals surface area (Å²) in [4.78, 5) is 32.2. The number of aryl methyl sites for hydroxylation is 1. The molecule has 3 atom stereocenters. The van der Waals surface area contributed by atoms with Crippen molar-refractivity contribution in [3.05, 3.63) is 107 Å². The smallest absolute Gasteiger partial charge is 0.416 e. The number of methoxy groups -OCH3 is 1. The molecule has 2 aliphatic rings. The second-order valence-electron chi connectivity index (χ2n) is 16.1. The number of anilines is 5. The van der Waals surface area contributed by atoms with E-state index in [4.69, 9.17) is 41.0 Å². The van der Waals surface area contributed by atoms with Gasteiger partial charge in [0.25, 0.3) is 0 Å². The van der Waals surface area contributed by atoms with Crippen LogP contribution in [0, 0.1) is 12.7 Å². The van der Waals surface area contributed by atoms with Crippen molar-refractivity contribution in [2.24, 2.45) is 0 Å². The average molecular weight is 948 g/mol. The van der Waals surface area contributed by atoms with Gasteiger partial charge in [-0.15, -0.1) is 0 Å². The molecule has 0 aliphatic carbocycles. The molecule has 67 heavy (non-hydrogen) atoms. The average Bonchev–Trinajstić information content (AvgIpc) is 4.00. The number of hydrogen-bond donors (Lipinski definition) is 4. The predicted octanol–water partition coefficient (Wildman–Crippen LogP) is 9.28. The third kappa shape index (κ3) is 12.7. The predicted molar refractivity (Wildman–Crippen MR) is 249 cm³/mol. The van der Waals surface area contributed by atoms with Crippen LogP contribution in [0.4, 0.5) is 46.3 Å². The van der Waals surface area contributed by atoms with Crippen molar-refractivity contribution in [3.8, 4) is 17.2 Å². The highest BCUT2D eigenvalue weighted by molar-refractivity contribution is 6.31. The van der Waals surface area contributed by atoms with E-state index < -0.39 is 23.6 Å². The van der Waals surface area contributed by atoms with Gasteiger partial charge in [-0.05, 0) is 82.0 Å². The lowest BCUT2D eigenvalue weighted by atomic mass is 10.0. The zero-order valence-electron chi connectivity index (χ0n) is 37.3. The highest BCUT2D eigenvalue weighted by Crippen LogP contribution is 2.39. The molecule has 5 N–H and O–H groups in total. The Morgan fingerprint density at radius 1 is 0.925 bits per heavy atom. The molecule has 0 spiro atoms. The summed E-state index contributed by atoms with van der Waals surface area (Å²) in [6, 6.07) is 14.4. The van der Waals surface area contributed by atoms with Crippen LogP contribution in [0.3, 0.4) is 0 Å². The van der Waals surface area contributed by atoms with Gasteiger partial charge in [-0.25, -0.2) is 24.3 Å². The molecule has 2 aliphatic heterocycles. The molecule has 2 unspecified atom stereocenters. The molecule has 0 saturated carbocycles. The summed E-state index contributed by atoms with van der Waals surface area (Å²) in [6.07, 6.45) is 1.50. The fourth-order valence-corrected chi connectivity index (χ4v) is 7.38. The van der Waals surface area contributed by atoms with Crippen molar-refractivity contribution >= 4 is 68.0 Å². The number of carbonyl (C=O) groups is 1. The standard InChI is InChI=1S/C24H25ClFN5O3.C23H25F3N4O3/c1-31(2)8-3-4-23(32)30-21-11-17-20(12-22(21)34-16-7-9-33-13-16)27-14-28-24(17)29-15-5-6-19(26)18(25)10-15;1-12(14-6-15(23(24,25)26)8-16(27)7-14)28-22-18-9-21(33-17-4-5-32-11-17)20(31-3)10-19(18)29-13(2)30-22/h3-6,10-12,14,16H,7-9,13H2,1-2H3,(H,30,32)(H,27,28,29);6-10,12,17H,4-5,11,27H2,1-3H3,(H,28,29,30)/b4-3+;/t16-;/m0./s1. The van der Waals surface area contributed by atoms with Crippen molar-refractivity contribution in [2.45, 2.75) is 51.1 Å². The summed E-state index contributed by atoms with van der Waals surface area (Å²) in [5.74, 6) is 2.19. The maximum atomic E-state index is 13.6. The van der Waals surface area contributed by atoms with E-state index >= 15 is 0 Å². The number of rotatable bonds is 14. The molecule has 0 radical (unpaired) electrons. The minimum absolute atomic E-state index is 0.00436. The number of nitrogens with one attached hydrogen (secondary N) is 3. The Bertz CT molecular complexity index is 2750. The van der Waals surface area contributed by atoms with Gasteiger partial charge < -0.3 is 50.3 Å². The van der Waals surface area contributed by atoms with E-state index in [1.54, 1.807) is 57.4 Å². The van der Waals surface area contributed by atoms with Crippen LogP contribution < -0.4 is 35.9 Å². The molecule has 1 amide bonds. The van der Waals surface area contributed by atoms with Gasteiger partial charge in [-0.3, -0.25) is 4.79 Å². The Labute approximate surface area is 389 Å². The van der Waals surface area contributed by atoms with E-state index in [-0.39, 0.29) is 28.8 Å². The molecule has 6 aromatic rings. The van der Waals surface area contributed by atoms with Crippen molar-refractivity contribution in [2.75, 3.05) is 75.9 Å². The van der Waals surface area contributed by atoms with E-state index in [1.165, 1.54) is 30.6 Å². The molecule has 354 valence electrons. The van der Waals surface area contributed by atoms with E-state index in [9.17, 15) is 22.4 Å². The van der Waals surface area contributed by atoms with Crippen molar-refractivity contribution in [1.29, 1.82) is 0 Å². The minimum atomic E-state index is -4.49. The summed E-state index contributed by atoms with van der Waals surface area (Å²) in [7, 11) is 5.39. The van der Waals surface area contributed by atoms with Gasteiger partial charge >= 0.3 is 6.18 Å². The van der Waals surface area contributed by atoms with Gasteiger partial charge in [-0.2, -0.15) is 13.2 Å². The number of nitrogens with zero attached hydrogens (tertiary/aromatic N) is 5. The number of halogens is 5. The number of fused-ring (bicyclic) bond motifs is 2. The number of hydrogen-bond acceptors (Lipinski definition) is 14. The molecule has 0 bridgehead atoms. The number of benzene rings is 4. The van der Waals surface area contributed by atoms with Gasteiger partial charge in [0.1, 0.15) is 47.6 Å². The lowest BCUT2D eigenvalue weighted by Crippen LogP contribution is -2.18. The molecule has 8 rings (SSSR count). The number of amides is 1. The van der Waals surface area contributed by atoms with Crippen LogP contribution >= 0.6 is 11.6 Å². The number of carbonyl (C=O) groups excluding carboxylic acids is 1. The van der Waals surface area contributed by atoms with Crippen LogP contribution in [0.1, 0.15) is 42.8 Å². The molecular formula is C47H50ClF4N9O6. The molecule has 20 heteroatoms. The van der Waals surface area contributed by atoms with Crippen LogP contribution in [-0.2, 0) is 20.4 Å². The molecule has 4 heterocycles. The number of likely N-dealkylation sites (N-methyl/N-ethyl adjacent to an activating group) is 1. The van der Waals surface area contributed by atoms with Crippen molar-refractivity contribution < 1.29 is 46.0 Å². The first-order valence-electron chi connectivity index (χ1n) is 21.3. The molecule has 2 saturated heterocycles. The number of alkyl halides is 3. The summed E-state index contributed by atoms with van der Waals surface area (Å²) in [5, 5.41) is 10.5. The number of nitrogen functional groups attached to an aromatic ring is 1. The normalized spacial score (nSPS) is 16.5. The van der Waals surface area contributed by atoms with Crippen LogP contribution in [0.25, 0.3) is 21.8 Å². The van der Waals surface area contributed by atoms with Gasteiger partial charge in [0, 0.05) is 59.7 Å². The first-order chi connectivity index (χ1) is 32.0. The second kappa shape index (κ2) is 21.4. The monoisotopic (exact) mass is 947 g/mol. The largest absolute Gasteiger partial charge is 0.493 e. The van der Waals surface area contributed by atoms with Gasteiger partial charge in [0.15, 0.2) is 11.5 Å². The van der Waals surface area contributed by atoms with Gasteiger partial charge in [-0.1, -0.05) is 17.7 Å². The third-order valence-electron chi connectivity index (χ3n) is 10.5. The van der Waals surface area contributed by atoms with Crippen LogP contribution in [0.2, 0.25) is 5.02 Å².